The van der Waals surface area contributed by atoms with Crippen LogP contribution in [0.1, 0.15) is 18.5 Å². The Labute approximate surface area is 103 Å². The first-order valence-electron chi connectivity index (χ1n) is 5.89. The van der Waals surface area contributed by atoms with Gasteiger partial charge in [0.15, 0.2) is 0 Å². The molecule has 2 N–H and O–H groups in total. The molecule has 100 valence electrons. The zero-order chi connectivity index (χ0) is 13.0. The first-order valence-corrected chi connectivity index (χ1v) is 5.89. The number of nitrogens with zero attached hydrogens (tertiary/aromatic N) is 2. The van der Waals surface area contributed by atoms with Crippen molar-refractivity contribution >= 4 is 5.95 Å². The van der Waals surface area contributed by atoms with Gasteiger partial charge in [-0.3, -0.25) is 0 Å². The van der Waals surface area contributed by atoms with Crippen LogP contribution < -0.4 is 10.6 Å². The van der Waals surface area contributed by atoms with E-state index in [0.717, 1.165) is 19.5 Å². The smallest absolute Gasteiger partial charge is 0.350 e. The van der Waals surface area contributed by atoms with Crippen LogP contribution in [0.2, 0.25) is 0 Å². The molecule has 1 aliphatic rings. The van der Waals surface area contributed by atoms with Crippen molar-refractivity contribution < 1.29 is 13.2 Å². The van der Waals surface area contributed by atoms with Crippen LogP contribution in [-0.2, 0) is 6.42 Å². The van der Waals surface area contributed by atoms with Crippen molar-refractivity contribution in [2.75, 3.05) is 18.4 Å². The molecule has 0 aromatic carbocycles. The molecule has 1 aliphatic heterocycles. The number of nitrogens with one attached hydrogen (secondary N) is 2. The van der Waals surface area contributed by atoms with E-state index >= 15 is 0 Å². The van der Waals surface area contributed by atoms with Gasteiger partial charge >= 0.3 is 6.18 Å². The summed E-state index contributed by atoms with van der Waals surface area (Å²) in [6.07, 6.45) is -2.65. The first kappa shape index (κ1) is 13.1. The molecule has 0 bridgehead atoms. The number of rotatable bonds is 4. The number of hydrogen-bond acceptors (Lipinski definition) is 4. The van der Waals surface area contributed by atoms with Crippen LogP contribution in [-0.4, -0.2) is 35.3 Å². The van der Waals surface area contributed by atoms with Crippen LogP contribution in [0.5, 0.6) is 0 Å². The normalized spacial score (nSPS) is 20.1. The molecule has 2 rings (SSSR count). The minimum atomic E-state index is -4.14. The van der Waals surface area contributed by atoms with Crippen molar-refractivity contribution in [2.24, 2.45) is 0 Å². The topological polar surface area (TPSA) is 49.8 Å². The summed E-state index contributed by atoms with van der Waals surface area (Å²) in [6.45, 7) is 1.77. The predicted molar refractivity (Wildman–Crippen MR) is 61.3 cm³/mol. The third kappa shape index (κ3) is 4.14. The second-order valence-corrected chi connectivity index (χ2v) is 4.32. The van der Waals surface area contributed by atoms with Gasteiger partial charge in [-0.1, -0.05) is 0 Å². The minimum Gasteiger partial charge on any atom is -0.350 e. The molecule has 1 unspecified atom stereocenters. The highest BCUT2D eigenvalue weighted by Gasteiger charge is 2.26. The van der Waals surface area contributed by atoms with E-state index in [2.05, 4.69) is 20.6 Å². The molecule has 1 fully saturated rings. The van der Waals surface area contributed by atoms with Crippen molar-refractivity contribution in [3.63, 3.8) is 0 Å². The zero-order valence-corrected chi connectivity index (χ0v) is 9.80. The largest absolute Gasteiger partial charge is 0.389 e. The van der Waals surface area contributed by atoms with Crippen molar-refractivity contribution in [2.45, 2.75) is 31.5 Å². The van der Waals surface area contributed by atoms with Gasteiger partial charge in [0.1, 0.15) is 0 Å². The summed E-state index contributed by atoms with van der Waals surface area (Å²) in [7, 11) is 0. The van der Waals surface area contributed by atoms with Crippen molar-refractivity contribution in [1.29, 1.82) is 0 Å². The van der Waals surface area contributed by atoms with E-state index in [4.69, 9.17) is 0 Å². The van der Waals surface area contributed by atoms with Gasteiger partial charge in [0.25, 0.3) is 0 Å². The van der Waals surface area contributed by atoms with Crippen LogP contribution in [0.15, 0.2) is 12.3 Å². The molecule has 1 aromatic rings. The van der Waals surface area contributed by atoms with Crippen molar-refractivity contribution in [3.8, 4) is 0 Å². The Hall–Kier alpha value is -1.37. The van der Waals surface area contributed by atoms with E-state index in [1.807, 2.05) is 0 Å². The summed E-state index contributed by atoms with van der Waals surface area (Å²) in [5.74, 6) is 0.406. The monoisotopic (exact) mass is 260 g/mol. The molecule has 1 aromatic heterocycles. The highest BCUT2D eigenvalue weighted by atomic mass is 19.4. The summed E-state index contributed by atoms with van der Waals surface area (Å²) in [5, 5.41) is 6.30. The quantitative estimate of drug-likeness (QED) is 0.866. The maximum absolute atomic E-state index is 12.1. The van der Waals surface area contributed by atoms with Gasteiger partial charge in [-0.2, -0.15) is 13.2 Å². The van der Waals surface area contributed by atoms with E-state index in [1.165, 1.54) is 12.3 Å². The fourth-order valence-electron chi connectivity index (χ4n) is 1.84. The average Bonchev–Trinajstić information content (AvgIpc) is 2.79. The number of alkyl halides is 3. The minimum absolute atomic E-state index is 0.108. The van der Waals surface area contributed by atoms with Gasteiger partial charge in [-0.15, -0.1) is 0 Å². The van der Waals surface area contributed by atoms with E-state index in [-0.39, 0.29) is 12.5 Å². The Bertz CT molecular complexity index is 388. The Morgan fingerprint density at radius 1 is 1.44 bits per heavy atom. The van der Waals surface area contributed by atoms with Crippen LogP contribution in [0.25, 0.3) is 0 Å². The predicted octanol–water partition coefficient (Wildman–Crippen LogP) is 1.75. The molecule has 0 amide bonds. The van der Waals surface area contributed by atoms with Gasteiger partial charge in [0.2, 0.25) is 5.95 Å². The second kappa shape index (κ2) is 5.51. The number of aromatic nitrogens is 2. The summed E-state index contributed by atoms with van der Waals surface area (Å²) < 4.78 is 36.3. The number of halogens is 3. The zero-order valence-electron chi connectivity index (χ0n) is 9.80. The average molecular weight is 260 g/mol. The second-order valence-electron chi connectivity index (χ2n) is 4.32. The Morgan fingerprint density at radius 3 is 2.94 bits per heavy atom. The fraction of sp³-hybridized carbons (Fsp3) is 0.636. The highest BCUT2D eigenvalue weighted by Crippen LogP contribution is 2.21. The molecule has 0 spiro atoms. The molecule has 1 atom stereocenters. The van der Waals surface area contributed by atoms with Gasteiger partial charge < -0.3 is 10.6 Å². The van der Waals surface area contributed by atoms with E-state index in [9.17, 15) is 13.2 Å². The maximum Gasteiger partial charge on any atom is 0.389 e. The van der Waals surface area contributed by atoms with E-state index in [1.54, 1.807) is 0 Å². The highest BCUT2D eigenvalue weighted by molar-refractivity contribution is 5.27. The summed E-state index contributed by atoms with van der Waals surface area (Å²) in [5.41, 5.74) is 0.413. The number of anilines is 1. The molecule has 0 radical (unpaired) electrons. The van der Waals surface area contributed by atoms with Crippen LogP contribution in [0.4, 0.5) is 19.1 Å². The lowest BCUT2D eigenvalue weighted by Gasteiger charge is -2.12. The molecule has 18 heavy (non-hydrogen) atoms. The van der Waals surface area contributed by atoms with E-state index < -0.39 is 12.6 Å². The molecule has 1 saturated heterocycles. The SMILES string of the molecule is FC(F)(F)CCc1ccnc(NC2CCNC2)n1. The lowest BCUT2D eigenvalue weighted by Crippen LogP contribution is -2.23. The standard InChI is InChI=1S/C11H15F3N4/c12-11(13,14)4-1-8-3-6-16-10(17-8)18-9-2-5-15-7-9/h3,6,9,15H,1-2,4-5,7H2,(H,16,17,18). The molecule has 0 aliphatic carbocycles. The number of aryl methyl sites for hydroxylation is 1. The molecular formula is C11H15F3N4. The van der Waals surface area contributed by atoms with Gasteiger partial charge in [0.05, 0.1) is 0 Å². The Balaban J connectivity index is 1.92. The lowest BCUT2D eigenvalue weighted by molar-refractivity contribution is -0.134. The molecule has 7 heteroatoms. The van der Waals surface area contributed by atoms with Crippen molar-refractivity contribution in [3.05, 3.63) is 18.0 Å². The van der Waals surface area contributed by atoms with Crippen molar-refractivity contribution in [1.82, 2.24) is 15.3 Å². The third-order valence-corrected chi connectivity index (χ3v) is 2.77. The van der Waals surface area contributed by atoms with Gasteiger partial charge in [-0.25, -0.2) is 9.97 Å². The molecule has 2 heterocycles. The third-order valence-electron chi connectivity index (χ3n) is 2.77. The van der Waals surface area contributed by atoms with Gasteiger partial charge in [0, 0.05) is 30.9 Å². The number of hydrogen-bond donors (Lipinski definition) is 2. The molecule has 4 nitrogen and oxygen atoms in total. The Morgan fingerprint density at radius 2 is 2.28 bits per heavy atom. The molecule has 0 saturated carbocycles. The van der Waals surface area contributed by atoms with Crippen LogP contribution >= 0.6 is 0 Å². The Kier molecular flexibility index (Phi) is 4.00. The summed E-state index contributed by atoms with van der Waals surface area (Å²) in [6, 6.07) is 1.77. The maximum atomic E-state index is 12.1. The fourth-order valence-corrected chi connectivity index (χ4v) is 1.84. The lowest BCUT2D eigenvalue weighted by atomic mass is 10.2. The van der Waals surface area contributed by atoms with Gasteiger partial charge in [-0.05, 0) is 25.5 Å². The first-order chi connectivity index (χ1) is 8.53. The summed E-state index contributed by atoms with van der Waals surface area (Å²) in [4.78, 5) is 8.11. The van der Waals surface area contributed by atoms with Crippen LogP contribution in [0, 0.1) is 0 Å². The van der Waals surface area contributed by atoms with E-state index in [0.29, 0.717) is 11.6 Å². The van der Waals surface area contributed by atoms with Crippen LogP contribution in [0.3, 0.4) is 0 Å². The molecular weight excluding hydrogens is 245 g/mol. The summed E-state index contributed by atoms with van der Waals surface area (Å²) >= 11 is 0.